The van der Waals surface area contributed by atoms with Gasteiger partial charge >= 0.3 is 0 Å². The highest BCUT2D eigenvalue weighted by molar-refractivity contribution is 6.05. The molecule has 0 amide bonds. The highest BCUT2D eigenvalue weighted by atomic mass is 16.1. The molecule has 5 rings (SSSR count). The van der Waals surface area contributed by atoms with Crippen molar-refractivity contribution in [2.75, 3.05) is 0 Å². The standard InChI is InChI=1S/C27H29N5O/c1-5-18(4)19-10-12-20(13-11-19)32-25-23(27(33)31(16-28-25)15-14-17(2)3)24-26(32)30-22-9-7-6-8-21(22)29-24/h6-13,16-18H,5,14-15H2,1-4H3/t18-/m0/s1. The van der Waals surface area contributed by atoms with Crippen LogP contribution in [0.5, 0.6) is 0 Å². The molecule has 0 radical (unpaired) electrons. The third kappa shape index (κ3) is 3.69. The zero-order chi connectivity index (χ0) is 23.1. The first kappa shape index (κ1) is 21.3. The summed E-state index contributed by atoms with van der Waals surface area (Å²) in [6, 6.07) is 16.2. The highest BCUT2D eigenvalue weighted by Crippen LogP contribution is 2.29. The summed E-state index contributed by atoms with van der Waals surface area (Å²) >= 11 is 0. The minimum atomic E-state index is -0.0646. The fraction of sp³-hybridized carbons (Fsp3) is 0.333. The van der Waals surface area contributed by atoms with E-state index in [-0.39, 0.29) is 5.56 Å². The van der Waals surface area contributed by atoms with Crippen molar-refractivity contribution in [3.63, 3.8) is 0 Å². The predicted octanol–water partition coefficient (Wildman–Crippen LogP) is 5.84. The molecular weight excluding hydrogens is 410 g/mol. The summed E-state index contributed by atoms with van der Waals surface area (Å²) < 4.78 is 3.67. The van der Waals surface area contributed by atoms with Crippen molar-refractivity contribution < 1.29 is 0 Å². The maximum absolute atomic E-state index is 13.6. The van der Waals surface area contributed by atoms with E-state index in [1.165, 1.54) is 5.56 Å². The molecule has 3 aromatic heterocycles. The fourth-order valence-electron chi connectivity index (χ4n) is 4.26. The van der Waals surface area contributed by atoms with Crippen LogP contribution in [0.3, 0.4) is 0 Å². The van der Waals surface area contributed by atoms with Gasteiger partial charge in [-0.25, -0.2) is 15.0 Å². The molecule has 0 saturated heterocycles. The van der Waals surface area contributed by atoms with E-state index in [2.05, 4.69) is 52.0 Å². The van der Waals surface area contributed by atoms with Gasteiger partial charge in [-0.15, -0.1) is 0 Å². The van der Waals surface area contributed by atoms with E-state index in [0.29, 0.717) is 40.6 Å². The molecule has 0 aliphatic heterocycles. The van der Waals surface area contributed by atoms with Crippen LogP contribution in [-0.2, 0) is 6.54 Å². The van der Waals surface area contributed by atoms with Crippen LogP contribution in [0.4, 0.5) is 0 Å². The molecule has 0 aliphatic rings. The average molecular weight is 440 g/mol. The molecule has 0 aliphatic carbocycles. The van der Waals surface area contributed by atoms with Crippen molar-refractivity contribution in [2.24, 2.45) is 5.92 Å². The summed E-state index contributed by atoms with van der Waals surface area (Å²) in [5, 5.41) is 0.528. The summed E-state index contributed by atoms with van der Waals surface area (Å²) in [4.78, 5) is 28.1. The topological polar surface area (TPSA) is 65.6 Å². The summed E-state index contributed by atoms with van der Waals surface area (Å²) in [5.74, 6) is 0.994. The van der Waals surface area contributed by atoms with Crippen LogP contribution in [0, 0.1) is 5.92 Å². The van der Waals surface area contributed by atoms with Gasteiger partial charge in [-0.3, -0.25) is 13.9 Å². The van der Waals surface area contributed by atoms with Crippen LogP contribution >= 0.6 is 0 Å². The third-order valence-electron chi connectivity index (χ3n) is 6.51. The Labute approximate surface area is 192 Å². The van der Waals surface area contributed by atoms with Gasteiger partial charge in [0.05, 0.1) is 17.4 Å². The maximum Gasteiger partial charge on any atom is 0.265 e. The van der Waals surface area contributed by atoms with Gasteiger partial charge < -0.3 is 0 Å². The van der Waals surface area contributed by atoms with E-state index in [0.717, 1.165) is 29.6 Å². The number of para-hydroxylation sites is 2. The number of benzene rings is 2. The van der Waals surface area contributed by atoms with Crippen molar-refractivity contribution in [3.05, 3.63) is 70.8 Å². The second-order valence-corrected chi connectivity index (χ2v) is 9.25. The van der Waals surface area contributed by atoms with E-state index in [1.54, 1.807) is 10.9 Å². The SMILES string of the molecule is CC[C@H](C)c1ccc(-n2c3nc4ccccc4nc3c3c(=O)n(CCC(C)C)cnc32)cc1. The first-order valence-corrected chi connectivity index (χ1v) is 11.7. The molecule has 0 unspecified atom stereocenters. The highest BCUT2D eigenvalue weighted by Gasteiger charge is 2.21. The minimum Gasteiger partial charge on any atom is -0.299 e. The van der Waals surface area contributed by atoms with Gasteiger partial charge in [0, 0.05) is 12.2 Å². The van der Waals surface area contributed by atoms with Gasteiger partial charge in [0.2, 0.25) is 0 Å². The zero-order valence-electron chi connectivity index (χ0n) is 19.6. The molecule has 6 nitrogen and oxygen atoms in total. The molecular formula is C27H29N5O. The molecule has 0 fully saturated rings. The van der Waals surface area contributed by atoms with E-state index >= 15 is 0 Å². The number of fused-ring (bicyclic) bond motifs is 4. The quantitative estimate of drug-likeness (QED) is 0.333. The minimum absolute atomic E-state index is 0.0646. The lowest BCUT2D eigenvalue weighted by molar-refractivity contribution is 0.506. The Kier molecular flexibility index (Phi) is 5.44. The smallest absolute Gasteiger partial charge is 0.265 e. The van der Waals surface area contributed by atoms with Gasteiger partial charge in [0.25, 0.3) is 5.56 Å². The third-order valence-corrected chi connectivity index (χ3v) is 6.51. The van der Waals surface area contributed by atoms with Gasteiger partial charge in [-0.1, -0.05) is 52.0 Å². The van der Waals surface area contributed by atoms with E-state index in [1.807, 2.05) is 28.8 Å². The molecule has 1 atom stereocenters. The van der Waals surface area contributed by atoms with E-state index in [4.69, 9.17) is 15.0 Å². The lowest BCUT2D eigenvalue weighted by Gasteiger charge is -2.12. The Bertz CT molecular complexity index is 1510. The van der Waals surface area contributed by atoms with Crippen LogP contribution in [-0.4, -0.2) is 24.1 Å². The maximum atomic E-state index is 13.6. The number of nitrogens with zero attached hydrogens (tertiary/aromatic N) is 5. The first-order valence-electron chi connectivity index (χ1n) is 11.7. The monoisotopic (exact) mass is 439 g/mol. The number of hydrogen-bond donors (Lipinski definition) is 0. The van der Waals surface area contributed by atoms with Crippen LogP contribution in [0.2, 0.25) is 0 Å². The molecule has 3 heterocycles. The molecule has 0 saturated carbocycles. The first-order chi connectivity index (χ1) is 16.0. The Morgan fingerprint density at radius 3 is 2.27 bits per heavy atom. The molecule has 33 heavy (non-hydrogen) atoms. The Hall–Kier alpha value is -3.54. The normalized spacial score (nSPS) is 12.9. The molecule has 0 bridgehead atoms. The molecule has 5 aromatic rings. The van der Waals surface area contributed by atoms with Crippen molar-refractivity contribution in [1.82, 2.24) is 24.1 Å². The number of hydrogen-bond acceptors (Lipinski definition) is 4. The van der Waals surface area contributed by atoms with Gasteiger partial charge in [0.15, 0.2) is 11.3 Å². The Morgan fingerprint density at radius 1 is 0.909 bits per heavy atom. The van der Waals surface area contributed by atoms with Crippen molar-refractivity contribution in [3.8, 4) is 5.69 Å². The number of rotatable bonds is 6. The lowest BCUT2D eigenvalue weighted by atomic mass is 9.99. The summed E-state index contributed by atoms with van der Waals surface area (Å²) in [6.45, 7) is 9.37. The second kappa shape index (κ2) is 8.43. The van der Waals surface area contributed by atoms with Gasteiger partial charge in [-0.2, -0.15) is 0 Å². The zero-order valence-corrected chi connectivity index (χ0v) is 19.6. The second-order valence-electron chi connectivity index (χ2n) is 9.25. The fourth-order valence-corrected chi connectivity index (χ4v) is 4.26. The molecule has 2 aromatic carbocycles. The molecule has 6 heteroatoms. The van der Waals surface area contributed by atoms with E-state index < -0.39 is 0 Å². The number of aryl methyl sites for hydroxylation is 1. The van der Waals surface area contributed by atoms with Crippen molar-refractivity contribution in [1.29, 1.82) is 0 Å². The largest absolute Gasteiger partial charge is 0.299 e. The van der Waals surface area contributed by atoms with Crippen LogP contribution in [0.1, 0.15) is 52.0 Å². The summed E-state index contributed by atoms with van der Waals surface area (Å²) in [6.07, 6.45) is 3.66. The van der Waals surface area contributed by atoms with Crippen LogP contribution < -0.4 is 5.56 Å². The Balaban J connectivity index is 1.80. The number of aromatic nitrogens is 5. The van der Waals surface area contributed by atoms with Crippen molar-refractivity contribution >= 4 is 33.2 Å². The predicted molar refractivity (Wildman–Crippen MR) is 134 cm³/mol. The summed E-state index contributed by atoms with van der Waals surface area (Å²) in [5.41, 5.74) is 5.59. The van der Waals surface area contributed by atoms with E-state index in [9.17, 15) is 4.79 Å². The average Bonchev–Trinajstić information content (AvgIpc) is 3.15. The van der Waals surface area contributed by atoms with Gasteiger partial charge in [0.1, 0.15) is 10.9 Å². The molecule has 0 N–H and O–H groups in total. The lowest BCUT2D eigenvalue weighted by Crippen LogP contribution is -2.21. The molecule has 168 valence electrons. The van der Waals surface area contributed by atoms with Crippen LogP contribution in [0.25, 0.3) is 38.9 Å². The van der Waals surface area contributed by atoms with Crippen LogP contribution in [0.15, 0.2) is 59.7 Å². The summed E-state index contributed by atoms with van der Waals surface area (Å²) in [7, 11) is 0. The van der Waals surface area contributed by atoms with Crippen molar-refractivity contribution in [2.45, 2.75) is 53.0 Å². The van der Waals surface area contributed by atoms with Gasteiger partial charge in [-0.05, 0) is 54.5 Å². The molecule has 0 spiro atoms. The Morgan fingerprint density at radius 2 is 1.61 bits per heavy atom.